The molecule has 0 unspecified atom stereocenters. The molecule has 4 heteroatoms. The molecule has 2 atom stereocenters. The quantitative estimate of drug-likeness (QED) is 0.613. The summed E-state index contributed by atoms with van der Waals surface area (Å²) in [4.78, 5) is 25.2. The van der Waals surface area contributed by atoms with Crippen LogP contribution in [0.5, 0.6) is 0 Å². The fraction of sp³-hybridized carbons (Fsp3) is 0.417. The number of rotatable bonds is 9. The molecule has 150 valence electrons. The summed E-state index contributed by atoms with van der Waals surface area (Å²) in [5.41, 5.74) is 3.93. The number of hydrogen-bond donors (Lipinski definition) is 1. The number of carbonyl (C=O) groups excluding carboxylic acids is 2. The lowest BCUT2D eigenvalue weighted by Gasteiger charge is -2.22. The van der Waals surface area contributed by atoms with Gasteiger partial charge < -0.3 is 10.1 Å². The topological polar surface area (TPSA) is 55.4 Å². The smallest absolute Gasteiger partial charge is 0.314 e. The summed E-state index contributed by atoms with van der Waals surface area (Å²) in [6.07, 6.45) is 2.51. The predicted molar refractivity (Wildman–Crippen MR) is 113 cm³/mol. The van der Waals surface area contributed by atoms with Crippen LogP contribution in [0.1, 0.15) is 56.7 Å². The Kier molecular flexibility index (Phi) is 8.24. The Bertz CT molecular complexity index is 763. The van der Waals surface area contributed by atoms with Crippen LogP contribution in [0.15, 0.2) is 48.5 Å². The van der Waals surface area contributed by atoms with Crippen molar-refractivity contribution in [2.45, 2.75) is 52.9 Å². The molecule has 1 N–H and O–H groups in total. The van der Waals surface area contributed by atoms with Gasteiger partial charge in [0, 0.05) is 5.69 Å². The van der Waals surface area contributed by atoms with Gasteiger partial charge in [0.15, 0.2) is 6.61 Å². The summed E-state index contributed by atoms with van der Waals surface area (Å²) in [7, 11) is 0. The molecule has 4 nitrogen and oxygen atoms in total. The zero-order valence-electron chi connectivity index (χ0n) is 17.3. The highest BCUT2D eigenvalue weighted by Crippen LogP contribution is 2.28. The number of esters is 1. The summed E-state index contributed by atoms with van der Waals surface area (Å²) in [5.74, 6) is -0.895. The van der Waals surface area contributed by atoms with Gasteiger partial charge in [-0.15, -0.1) is 0 Å². The van der Waals surface area contributed by atoms with Crippen LogP contribution < -0.4 is 5.32 Å². The molecule has 0 radical (unpaired) electrons. The van der Waals surface area contributed by atoms with E-state index in [1.807, 2.05) is 55.5 Å². The average Bonchev–Trinajstić information content (AvgIpc) is 2.73. The first-order valence-electron chi connectivity index (χ1n) is 10.1. The van der Waals surface area contributed by atoms with Crippen LogP contribution in [0.3, 0.4) is 0 Å². The number of nitrogens with one attached hydrogen (secondary N) is 1. The van der Waals surface area contributed by atoms with Crippen LogP contribution in [0.25, 0.3) is 0 Å². The largest absolute Gasteiger partial charge is 0.455 e. The van der Waals surface area contributed by atoms with Gasteiger partial charge in [-0.05, 0) is 35.4 Å². The molecule has 0 heterocycles. The third-order valence-corrected chi connectivity index (χ3v) is 5.23. The van der Waals surface area contributed by atoms with Gasteiger partial charge >= 0.3 is 5.97 Å². The van der Waals surface area contributed by atoms with E-state index < -0.39 is 0 Å². The van der Waals surface area contributed by atoms with Gasteiger partial charge in [0.25, 0.3) is 5.91 Å². The molecular weight excluding hydrogens is 350 g/mol. The van der Waals surface area contributed by atoms with E-state index in [1.165, 1.54) is 0 Å². The van der Waals surface area contributed by atoms with Crippen molar-refractivity contribution in [1.82, 2.24) is 0 Å². The Balaban J connectivity index is 2.06. The SMILES string of the molecule is CCc1cccc(CC)c1NC(=O)COC(=O)[C@H](c1ccccc1)[C@@H](C)CC. The minimum absolute atomic E-state index is 0.130. The van der Waals surface area contributed by atoms with Crippen LogP contribution in [0.4, 0.5) is 5.69 Å². The molecule has 0 aliphatic carbocycles. The summed E-state index contributed by atoms with van der Waals surface area (Å²) in [6, 6.07) is 15.6. The fourth-order valence-electron chi connectivity index (χ4n) is 3.40. The van der Waals surface area contributed by atoms with E-state index in [0.717, 1.165) is 41.6 Å². The van der Waals surface area contributed by atoms with Gasteiger partial charge in [0.05, 0.1) is 5.92 Å². The molecule has 0 aromatic heterocycles. The number of aryl methyl sites for hydroxylation is 2. The molecule has 2 aromatic rings. The van der Waals surface area contributed by atoms with Gasteiger partial charge in [-0.1, -0.05) is 82.6 Å². The zero-order valence-corrected chi connectivity index (χ0v) is 17.3. The van der Waals surface area contributed by atoms with Crippen molar-refractivity contribution in [3.05, 3.63) is 65.2 Å². The van der Waals surface area contributed by atoms with E-state index in [4.69, 9.17) is 4.74 Å². The van der Waals surface area contributed by atoms with Crippen LogP contribution in [0.2, 0.25) is 0 Å². The maximum Gasteiger partial charge on any atom is 0.314 e. The molecule has 0 aliphatic heterocycles. The number of para-hydroxylation sites is 1. The maximum absolute atomic E-state index is 12.7. The second kappa shape index (κ2) is 10.6. The van der Waals surface area contributed by atoms with E-state index >= 15 is 0 Å². The number of amides is 1. The predicted octanol–water partition coefficient (Wildman–Crippen LogP) is 5.12. The van der Waals surface area contributed by atoms with Crippen molar-refractivity contribution >= 4 is 17.6 Å². The second-order valence-electron chi connectivity index (χ2n) is 7.09. The number of carbonyl (C=O) groups is 2. The first-order valence-corrected chi connectivity index (χ1v) is 10.1. The van der Waals surface area contributed by atoms with Crippen molar-refractivity contribution in [1.29, 1.82) is 0 Å². The maximum atomic E-state index is 12.7. The lowest BCUT2D eigenvalue weighted by Crippen LogP contribution is -2.27. The molecule has 1 amide bonds. The third-order valence-electron chi connectivity index (χ3n) is 5.23. The van der Waals surface area contributed by atoms with Crippen molar-refractivity contribution < 1.29 is 14.3 Å². The van der Waals surface area contributed by atoms with Crippen molar-refractivity contribution in [2.75, 3.05) is 11.9 Å². The summed E-state index contributed by atoms with van der Waals surface area (Å²) in [6.45, 7) is 7.92. The minimum Gasteiger partial charge on any atom is -0.455 e. The van der Waals surface area contributed by atoms with E-state index in [-0.39, 0.29) is 30.3 Å². The highest BCUT2D eigenvalue weighted by molar-refractivity contribution is 5.94. The van der Waals surface area contributed by atoms with Gasteiger partial charge in [-0.3, -0.25) is 9.59 Å². The first kappa shape index (κ1) is 21.7. The van der Waals surface area contributed by atoms with E-state index in [1.54, 1.807) is 0 Å². The molecule has 0 bridgehead atoms. The standard InChI is InChI=1S/C24H31NO3/c1-5-17(4)22(20-12-9-8-10-13-20)24(27)28-16-21(26)25-23-18(6-2)14-11-15-19(23)7-3/h8-15,17,22H,5-7,16H2,1-4H3,(H,25,26)/t17-,22-/m0/s1. The highest BCUT2D eigenvalue weighted by atomic mass is 16.5. The number of ether oxygens (including phenoxy) is 1. The molecule has 0 spiro atoms. The van der Waals surface area contributed by atoms with Gasteiger partial charge in [-0.25, -0.2) is 0 Å². The summed E-state index contributed by atoms with van der Waals surface area (Å²) >= 11 is 0. The van der Waals surface area contributed by atoms with Crippen molar-refractivity contribution in [2.24, 2.45) is 5.92 Å². The van der Waals surface area contributed by atoms with Crippen molar-refractivity contribution in [3.63, 3.8) is 0 Å². The third kappa shape index (κ3) is 5.44. The molecule has 0 saturated carbocycles. The van der Waals surface area contributed by atoms with E-state index in [0.29, 0.717) is 0 Å². The van der Waals surface area contributed by atoms with Crippen LogP contribution >= 0.6 is 0 Å². The van der Waals surface area contributed by atoms with Crippen molar-refractivity contribution in [3.8, 4) is 0 Å². The Morgan fingerprint density at radius 3 is 2.07 bits per heavy atom. The van der Waals surface area contributed by atoms with Crippen LogP contribution in [0, 0.1) is 5.92 Å². The fourth-order valence-corrected chi connectivity index (χ4v) is 3.40. The summed E-state index contributed by atoms with van der Waals surface area (Å²) < 4.78 is 5.41. The molecular formula is C24H31NO3. The molecule has 2 aromatic carbocycles. The minimum atomic E-state index is -0.367. The van der Waals surface area contributed by atoms with Gasteiger partial charge in [0.1, 0.15) is 0 Å². The zero-order chi connectivity index (χ0) is 20.5. The Morgan fingerprint density at radius 2 is 1.54 bits per heavy atom. The molecule has 0 aliphatic rings. The van der Waals surface area contributed by atoms with E-state index in [9.17, 15) is 9.59 Å². The molecule has 2 rings (SSSR count). The number of anilines is 1. The first-order chi connectivity index (χ1) is 13.5. The normalized spacial score (nSPS) is 12.9. The second-order valence-corrected chi connectivity index (χ2v) is 7.09. The number of benzene rings is 2. The Morgan fingerprint density at radius 1 is 0.929 bits per heavy atom. The Labute approximate surface area is 168 Å². The molecule has 0 fully saturated rings. The van der Waals surface area contributed by atoms with Gasteiger partial charge in [-0.2, -0.15) is 0 Å². The Hall–Kier alpha value is -2.62. The van der Waals surface area contributed by atoms with Crippen LogP contribution in [-0.2, 0) is 27.2 Å². The van der Waals surface area contributed by atoms with Gasteiger partial charge in [0.2, 0.25) is 0 Å². The van der Waals surface area contributed by atoms with Crippen LogP contribution in [-0.4, -0.2) is 18.5 Å². The molecule has 0 saturated heterocycles. The van der Waals surface area contributed by atoms with E-state index in [2.05, 4.69) is 26.1 Å². The average molecular weight is 382 g/mol. The lowest BCUT2D eigenvalue weighted by atomic mass is 9.86. The lowest BCUT2D eigenvalue weighted by molar-refractivity contribution is -0.150. The summed E-state index contributed by atoms with van der Waals surface area (Å²) in [5, 5.41) is 2.94. The molecule has 28 heavy (non-hydrogen) atoms. The number of hydrogen-bond acceptors (Lipinski definition) is 3. The highest BCUT2D eigenvalue weighted by Gasteiger charge is 2.27. The monoisotopic (exact) mass is 381 g/mol.